The molecule has 2 heterocycles. The molecule has 0 saturated heterocycles. The highest BCUT2D eigenvalue weighted by atomic mass is 32.1. The summed E-state index contributed by atoms with van der Waals surface area (Å²) in [5.74, 6) is -0.118. The Morgan fingerprint density at radius 3 is 2.44 bits per heavy atom. The van der Waals surface area contributed by atoms with E-state index in [4.69, 9.17) is 0 Å². The van der Waals surface area contributed by atoms with Gasteiger partial charge in [0.1, 0.15) is 5.82 Å². The zero-order chi connectivity index (χ0) is 18.6. The first-order valence-corrected chi connectivity index (χ1v) is 9.20. The van der Waals surface area contributed by atoms with Crippen LogP contribution < -0.4 is 10.6 Å². The van der Waals surface area contributed by atoms with Gasteiger partial charge in [-0.2, -0.15) is 0 Å². The molecule has 2 aromatic heterocycles. The lowest BCUT2D eigenvalue weighted by Gasteiger charge is -2.11. The van der Waals surface area contributed by atoms with Crippen LogP contribution in [-0.4, -0.2) is 16.8 Å². The van der Waals surface area contributed by atoms with E-state index in [1.807, 2.05) is 41.8 Å². The Labute approximate surface area is 159 Å². The van der Waals surface area contributed by atoms with Gasteiger partial charge in [-0.1, -0.05) is 36.4 Å². The fourth-order valence-electron chi connectivity index (χ4n) is 2.70. The van der Waals surface area contributed by atoms with E-state index in [1.165, 1.54) is 11.3 Å². The van der Waals surface area contributed by atoms with E-state index >= 15 is 0 Å². The van der Waals surface area contributed by atoms with Crippen LogP contribution in [0.25, 0.3) is 10.9 Å². The Kier molecular flexibility index (Phi) is 4.63. The van der Waals surface area contributed by atoms with E-state index in [2.05, 4.69) is 15.6 Å². The van der Waals surface area contributed by atoms with Crippen LogP contribution in [0.5, 0.6) is 0 Å². The summed E-state index contributed by atoms with van der Waals surface area (Å²) >= 11 is 1.35. The molecule has 0 radical (unpaired) electrons. The number of fused-ring (bicyclic) bond motifs is 1. The maximum absolute atomic E-state index is 12.7. The molecule has 0 spiro atoms. The zero-order valence-corrected chi connectivity index (χ0v) is 15.0. The Balaban J connectivity index is 1.57. The lowest BCUT2D eigenvalue weighted by Crippen LogP contribution is -2.18. The predicted molar refractivity (Wildman–Crippen MR) is 108 cm³/mol. The molecule has 0 aliphatic rings. The van der Waals surface area contributed by atoms with Crippen molar-refractivity contribution in [2.24, 2.45) is 0 Å². The summed E-state index contributed by atoms with van der Waals surface area (Å²) in [6.07, 6.45) is 0. The van der Waals surface area contributed by atoms with Gasteiger partial charge in [-0.3, -0.25) is 9.59 Å². The number of carbonyl (C=O) groups is 2. The molecule has 5 nitrogen and oxygen atoms in total. The molecular formula is C21H15N3O2S. The molecule has 6 heteroatoms. The van der Waals surface area contributed by atoms with Crippen LogP contribution in [0.4, 0.5) is 11.5 Å². The van der Waals surface area contributed by atoms with Crippen LogP contribution in [0.3, 0.4) is 0 Å². The lowest BCUT2D eigenvalue weighted by atomic mass is 10.1. The largest absolute Gasteiger partial charge is 0.321 e. The second kappa shape index (κ2) is 7.39. The number of nitrogens with zero attached hydrogens (tertiary/aromatic N) is 1. The quantitative estimate of drug-likeness (QED) is 0.540. The maximum atomic E-state index is 12.7. The van der Waals surface area contributed by atoms with Crippen molar-refractivity contribution in [2.75, 3.05) is 10.6 Å². The van der Waals surface area contributed by atoms with Crippen molar-refractivity contribution in [3.8, 4) is 0 Å². The number of para-hydroxylation sites is 2. The van der Waals surface area contributed by atoms with Gasteiger partial charge in [-0.25, -0.2) is 4.98 Å². The minimum atomic E-state index is -0.333. The van der Waals surface area contributed by atoms with E-state index in [-0.39, 0.29) is 11.8 Å². The number of thiophene rings is 1. The number of rotatable bonds is 4. The normalized spacial score (nSPS) is 10.5. The number of hydrogen-bond acceptors (Lipinski definition) is 4. The standard InChI is InChI=1S/C21H15N3O2S/c25-20(24-19-12-11-14-6-1-3-8-16(14)22-19)15-7-2-4-9-17(15)23-21(26)18-10-5-13-27-18/h1-13H,(H,23,26)(H,22,24,25). The third-order valence-corrected chi connectivity index (χ3v) is 4.87. The van der Waals surface area contributed by atoms with Crippen LogP contribution in [0.15, 0.2) is 78.2 Å². The van der Waals surface area contributed by atoms with Gasteiger partial charge in [0.05, 0.1) is 21.6 Å². The molecule has 2 N–H and O–H groups in total. The summed E-state index contributed by atoms with van der Waals surface area (Å²) in [5.41, 5.74) is 1.63. The van der Waals surface area contributed by atoms with Gasteiger partial charge in [0, 0.05) is 5.39 Å². The molecular weight excluding hydrogens is 358 g/mol. The maximum Gasteiger partial charge on any atom is 0.265 e. The molecule has 27 heavy (non-hydrogen) atoms. The smallest absolute Gasteiger partial charge is 0.265 e. The van der Waals surface area contributed by atoms with E-state index in [1.54, 1.807) is 36.4 Å². The van der Waals surface area contributed by atoms with Crippen molar-refractivity contribution in [3.05, 3.63) is 88.6 Å². The monoisotopic (exact) mass is 373 g/mol. The van der Waals surface area contributed by atoms with Crippen molar-refractivity contribution < 1.29 is 9.59 Å². The Hall–Kier alpha value is -3.51. The second-order valence-electron chi connectivity index (χ2n) is 5.82. The molecule has 0 bridgehead atoms. The van der Waals surface area contributed by atoms with E-state index in [9.17, 15) is 9.59 Å². The highest BCUT2D eigenvalue weighted by Crippen LogP contribution is 2.20. The van der Waals surface area contributed by atoms with Crippen molar-refractivity contribution >= 4 is 45.6 Å². The van der Waals surface area contributed by atoms with E-state index < -0.39 is 0 Å². The molecule has 0 unspecified atom stereocenters. The molecule has 132 valence electrons. The van der Waals surface area contributed by atoms with Gasteiger partial charge in [0.15, 0.2) is 0 Å². The highest BCUT2D eigenvalue weighted by Gasteiger charge is 2.15. The average molecular weight is 373 g/mol. The zero-order valence-electron chi connectivity index (χ0n) is 14.2. The van der Waals surface area contributed by atoms with E-state index in [0.717, 1.165) is 10.9 Å². The molecule has 2 aromatic carbocycles. The molecule has 4 rings (SSSR count). The van der Waals surface area contributed by atoms with Gasteiger partial charge in [0.2, 0.25) is 0 Å². The summed E-state index contributed by atoms with van der Waals surface area (Å²) < 4.78 is 0. The first-order valence-electron chi connectivity index (χ1n) is 8.32. The Morgan fingerprint density at radius 1 is 0.778 bits per heavy atom. The molecule has 0 aliphatic carbocycles. The SMILES string of the molecule is O=C(Nc1ccccc1C(=O)Nc1ccc2ccccc2n1)c1cccs1. The molecule has 2 amide bonds. The van der Waals surface area contributed by atoms with Crippen LogP contribution in [0, 0.1) is 0 Å². The first kappa shape index (κ1) is 16.9. The van der Waals surface area contributed by atoms with Gasteiger partial charge in [-0.05, 0) is 41.8 Å². The molecule has 0 atom stereocenters. The number of anilines is 2. The van der Waals surface area contributed by atoms with Crippen LogP contribution in [0.1, 0.15) is 20.0 Å². The van der Waals surface area contributed by atoms with Gasteiger partial charge >= 0.3 is 0 Å². The number of carbonyl (C=O) groups excluding carboxylic acids is 2. The Morgan fingerprint density at radius 2 is 1.59 bits per heavy atom. The summed E-state index contributed by atoms with van der Waals surface area (Å²) in [7, 11) is 0. The predicted octanol–water partition coefficient (Wildman–Crippen LogP) is 4.80. The summed E-state index contributed by atoms with van der Waals surface area (Å²) in [6, 6.07) is 21.8. The van der Waals surface area contributed by atoms with Crippen LogP contribution in [-0.2, 0) is 0 Å². The third kappa shape index (κ3) is 3.70. The van der Waals surface area contributed by atoms with Crippen molar-refractivity contribution in [1.29, 1.82) is 0 Å². The minimum Gasteiger partial charge on any atom is -0.321 e. The number of aromatic nitrogens is 1. The molecule has 0 fully saturated rings. The number of nitrogens with one attached hydrogen (secondary N) is 2. The summed E-state index contributed by atoms with van der Waals surface area (Å²) in [6.45, 7) is 0. The van der Waals surface area contributed by atoms with Gasteiger partial charge < -0.3 is 10.6 Å². The molecule has 4 aromatic rings. The first-order chi connectivity index (χ1) is 13.2. The number of pyridine rings is 1. The number of hydrogen-bond donors (Lipinski definition) is 2. The Bertz CT molecular complexity index is 1120. The number of amides is 2. The third-order valence-electron chi connectivity index (χ3n) is 4.00. The minimum absolute atomic E-state index is 0.242. The van der Waals surface area contributed by atoms with Crippen LogP contribution >= 0.6 is 11.3 Å². The van der Waals surface area contributed by atoms with Gasteiger partial charge in [0.25, 0.3) is 11.8 Å². The van der Waals surface area contributed by atoms with Crippen molar-refractivity contribution in [3.63, 3.8) is 0 Å². The van der Waals surface area contributed by atoms with E-state index in [0.29, 0.717) is 21.9 Å². The van der Waals surface area contributed by atoms with Crippen molar-refractivity contribution in [2.45, 2.75) is 0 Å². The fraction of sp³-hybridized carbons (Fsp3) is 0. The average Bonchev–Trinajstić information content (AvgIpc) is 3.23. The summed E-state index contributed by atoms with van der Waals surface area (Å²) in [4.78, 5) is 30.1. The molecule has 0 saturated carbocycles. The highest BCUT2D eigenvalue weighted by molar-refractivity contribution is 7.12. The van der Waals surface area contributed by atoms with Crippen molar-refractivity contribution in [1.82, 2.24) is 4.98 Å². The summed E-state index contributed by atoms with van der Waals surface area (Å²) in [5, 5.41) is 8.43. The van der Waals surface area contributed by atoms with Gasteiger partial charge in [-0.15, -0.1) is 11.3 Å². The second-order valence-corrected chi connectivity index (χ2v) is 6.77. The lowest BCUT2D eigenvalue weighted by molar-refractivity contribution is 0.102. The topological polar surface area (TPSA) is 71.1 Å². The van der Waals surface area contributed by atoms with Crippen LogP contribution in [0.2, 0.25) is 0 Å². The fourth-order valence-corrected chi connectivity index (χ4v) is 3.32. The molecule has 0 aliphatic heterocycles. The number of benzene rings is 2.